The average molecular weight is 271 g/mol. The summed E-state index contributed by atoms with van der Waals surface area (Å²) >= 11 is 12.2. The predicted octanol–water partition coefficient (Wildman–Crippen LogP) is 2.64. The highest BCUT2D eigenvalue weighted by molar-refractivity contribution is 6.33. The molecular formula is C13H16Cl2N2. The van der Waals surface area contributed by atoms with Crippen LogP contribution in [0.5, 0.6) is 0 Å². The van der Waals surface area contributed by atoms with Crippen LogP contribution in [0.25, 0.3) is 0 Å². The van der Waals surface area contributed by atoms with Crippen LogP contribution in [0.4, 0.5) is 0 Å². The number of benzene rings is 1. The summed E-state index contributed by atoms with van der Waals surface area (Å²) in [6, 6.07) is 5.71. The van der Waals surface area contributed by atoms with Crippen molar-refractivity contribution in [2.75, 3.05) is 26.2 Å². The molecule has 4 heteroatoms. The maximum atomic E-state index is 6.20. The Labute approximate surface area is 112 Å². The first-order valence-electron chi connectivity index (χ1n) is 6.09. The predicted molar refractivity (Wildman–Crippen MR) is 71.6 cm³/mol. The first kappa shape index (κ1) is 11.8. The number of hydrogen-bond donors (Lipinski definition) is 1. The van der Waals surface area contributed by atoms with E-state index in [0.717, 1.165) is 34.0 Å². The summed E-state index contributed by atoms with van der Waals surface area (Å²) in [4.78, 5) is 2.49. The van der Waals surface area contributed by atoms with Crippen molar-refractivity contribution in [3.05, 3.63) is 33.8 Å². The van der Waals surface area contributed by atoms with Gasteiger partial charge >= 0.3 is 0 Å². The van der Waals surface area contributed by atoms with E-state index in [1.165, 1.54) is 26.2 Å². The third-order valence-electron chi connectivity index (χ3n) is 3.87. The van der Waals surface area contributed by atoms with Gasteiger partial charge in [-0.3, -0.25) is 4.90 Å². The molecule has 2 nitrogen and oxygen atoms in total. The van der Waals surface area contributed by atoms with E-state index in [0.29, 0.717) is 0 Å². The Hall–Kier alpha value is -0.280. The molecule has 2 atom stereocenters. The topological polar surface area (TPSA) is 15.3 Å². The van der Waals surface area contributed by atoms with E-state index in [1.807, 2.05) is 18.2 Å². The van der Waals surface area contributed by atoms with E-state index in [9.17, 15) is 0 Å². The first-order valence-corrected chi connectivity index (χ1v) is 6.85. The van der Waals surface area contributed by atoms with E-state index in [1.54, 1.807) is 0 Å². The SMILES string of the molecule is Clc1ccc(Cl)c(CN2C[C@H]3CNC[C@H]3C2)c1. The molecule has 1 aromatic rings. The smallest absolute Gasteiger partial charge is 0.0452 e. The fourth-order valence-electron chi connectivity index (χ4n) is 2.99. The molecule has 0 radical (unpaired) electrons. The van der Waals surface area contributed by atoms with Crippen LogP contribution >= 0.6 is 23.2 Å². The van der Waals surface area contributed by atoms with Crippen LogP contribution in [0.1, 0.15) is 5.56 Å². The maximum Gasteiger partial charge on any atom is 0.0452 e. The minimum absolute atomic E-state index is 0.769. The van der Waals surface area contributed by atoms with Crippen molar-refractivity contribution in [2.45, 2.75) is 6.54 Å². The molecule has 0 amide bonds. The van der Waals surface area contributed by atoms with Gasteiger partial charge in [-0.2, -0.15) is 0 Å². The molecule has 2 aliphatic rings. The molecule has 17 heavy (non-hydrogen) atoms. The average Bonchev–Trinajstić information content (AvgIpc) is 2.83. The van der Waals surface area contributed by atoms with Crippen molar-refractivity contribution in [2.24, 2.45) is 11.8 Å². The van der Waals surface area contributed by atoms with Crippen LogP contribution in [0.15, 0.2) is 18.2 Å². The van der Waals surface area contributed by atoms with E-state index in [4.69, 9.17) is 23.2 Å². The number of rotatable bonds is 2. The Morgan fingerprint density at radius 1 is 1.18 bits per heavy atom. The Kier molecular flexibility index (Phi) is 3.31. The van der Waals surface area contributed by atoms with Crippen LogP contribution < -0.4 is 5.32 Å². The van der Waals surface area contributed by atoms with Crippen molar-refractivity contribution < 1.29 is 0 Å². The normalized spacial score (nSPS) is 28.6. The van der Waals surface area contributed by atoms with Crippen molar-refractivity contribution in [1.82, 2.24) is 10.2 Å². The second kappa shape index (κ2) is 4.77. The Morgan fingerprint density at radius 3 is 2.59 bits per heavy atom. The molecule has 1 aromatic carbocycles. The molecule has 2 heterocycles. The van der Waals surface area contributed by atoms with Crippen LogP contribution in [0.2, 0.25) is 10.0 Å². The molecule has 92 valence electrons. The molecule has 0 aromatic heterocycles. The van der Waals surface area contributed by atoms with Gasteiger partial charge in [-0.05, 0) is 48.7 Å². The highest BCUT2D eigenvalue weighted by atomic mass is 35.5. The molecule has 3 rings (SSSR count). The summed E-state index contributed by atoms with van der Waals surface area (Å²) in [5.41, 5.74) is 1.15. The molecule has 2 fully saturated rings. The quantitative estimate of drug-likeness (QED) is 0.889. The van der Waals surface area contributed by atoms with Gasteiger partial charge in [0.2, 0.25) is 0 Å². The first-order chi connectivity index (χ1) is 8.22. The lowest BCUT2D eigenvalue weighted by Gasteiger charge is -2.17. The van der Waals surface area contributed by atoms with Crippen LogP contribution in [-0.2, 0) is 6.54 Å². The summed E-state index contributed by atoms with van der Waals surface area (Å²) < 4.78 is 0. The van der Waals surface area contributed by atoms with Gasteiger partial charge in [0.25, 0.3) is 0 Å². The van der Waals surface area contributed by atoms with Crippen molar-refractivity contribution in [1.29, 1.82) is 0 Å². The fourth-order valence-corrected chi connectivity index (χ4v) is 3.36. The molecule has 2 aliphatic heterocycles. The zero-order valence-electron chi connectivity index (χ0n) is 9.63. The number of hydrogen-bond acceptors (Lipinski definition) is 2. The molecule has 0 spiro atoms. The lowest BCUT2D eigenvalue weighted by Crippen LogP contribution is -2.25. The van der Waals surface area contributed by atoms with Gasteiger partial charge in [-0.25, -0.2) is 0 Å². The van der Waals surface area contributed by atoms with Gasteiger partial charge in [0.05, 0.1) is 0 Å². The van der Waals surface area contributed by atoms with E-state index >= 15 is 0 Å². The zero-order chi connectivity index (χ0) is 11.8. The maximum absolute atomic E-state index is 6.20. The van der Waals surface area contributed by atoms with Gasteiger partial charge < -0.3 is 5.32 Å². The summed E-state index contributed by atoms with van der Waals surface area (Å²) in [5, 5.41) is 5.05. The minimum Gasteiger partial charge on any atom is -0.316 e. The Balaban J connectivity index is 1.69. The van der Waals surface area contributed by atoms with Crippen molar-refractivity contribution in [3.63, 3.8) is 0 Å². The summed E-state index contributed by atoms with van der Waals surface area (Å²) in [7, 11) is 0. The van der Waals surface area contributed by atoms with E-state index < -0.39 is 0 Å². The molecule has 2 saturated heterocycles. The summed E-state index contributed by atoms with van der Waals surface area (Å²) in [5.74, 6) is 1.65. The third kappa shape index (κ3) is 2.45. The largest absolute Gasteiger partial charge is 0.316 e. The van der Waals surface area contributed by atoms with Crippen molar-refractivity contribution in [3.8, 4) is 0 Å². The van der Waals surface area contributed by atoms with Gasteiger partial charge in [0, 0.05) is 29.7 Å². The lowest BCUT2D eigenvalue weighted by molar-refractivity contribution is 0.306. The molecule has 0 bridgehead atoms. The highest BCUT2D eigenvalue weighted by Crippen LogP contribution is 2.29. The van der Waals surface area contributed by atoms with Crippen molar-refractivity contribution >= 4 is 23.2 Å². The van der Waals surface area contributed by atoms with Crippen LogP contribution in [0, 0.1) is 11.8 Å². The van der Waals surface area contributed by atoms with E-state index in [2.05, 4.69) is 10.2 Å². The second-order valence-electron chi connectivity index (χ2n) is 5.11. The van der Waals surface area contributed by atoms with Gasteiger partial charge in [-0.1, -0.05) is 23.2 Å². The standard InChI is InChI=1S/C13H16Cl2N2/c14-12-1-2-13(15)9(3-12)6-17-7-10-4-16-5-11(10)8-17/h1-3,10-11,16H,4-8H2/t10-,11+. The van der Waals surface area contributed by atoms with Crippen LogP contribution in [-0.4, -0.2) is 31.1 Å². The lowest BCUT2D eigenvalue weighted by atomic mass is 10.0. The monoisotopic (exact) mass is 270 g/mol. The second-order valence-corrected chi connectivity index (χ2v) is 5.95. The summed E-state index contributed by atoms with van der Waals surface area (Å²) in [6.07, 6.45) is 0. The number of nitrogens with zero attached hydrogens (tertiary/aromatic N) is 1. The molecular weight excluding hydrogens is 255 g/mol. The Bertz CT molecular complexity index is 410. The number of likely N-dealkylation sites (tertiary alicyclic amines) is 1. The number of nitrogens with one attached hydrogen (secondary N) is 1. The van der Waals surface area contributed by atoms with Gasteiger partial charge in [-0.15, -0.1) is 0 Å². The molecule has 1 N–H and O–H groups in total. The summed E-state index contributed by atoms with van der Waals surface area (Å²) in [6.45, 7) is 5.63. The van der Waals surface area contributed by atoms with Gasteiger partial charge in [0.15, 0.2) is 0 Å². The number of halogens is 2. The van der Waals surface area contributed by atoms with Gasteiger partial charge in [0.1, 0.15) is 0 Å². The third-order valence-corrected chi connectivity index (χ3v) is 4.47. The molecule has 0 unspecified atom stereocenters. The highest BCUT2D eigenvalue weighted by Gasteiger charge is 2.35. The Morgan fingerprint density at radius 2 is 1.88 bits per heavy atom. The fraction of sp³-hybridized carbons (Fsp3) is 0.538. The molecule has 0 aliphatic carbocycles. The van der Waals surface area contributed by atoms with Crippen LogP contribution in [0.3, 0.4) is 0 Å². The minimum atomic E-state index is 0.769. The van der Waals surface area contributed by atoms with E-state index in [-0.39, 0.29) is 0 Å². The number of fused-ring (bicyclic) bond motifs is 1. The zero-order valence-corrected chi connectivity index (χ0v) is 11.1. The molecule has 0 saturated carbocycles.